The zero-order chi connectivity index (χ0) is 12.6. The largest absolute Gasteiger partial charge is 0.357 e. The van der Waals surface area contributed by atoms with E-state index in [9.17, 15) is 9.59 Å². The summed E-state index contributed by atoms with van der Waals surface area (Å²) in [5.41, 5.74) is 0. The van der Waals surface area contributed by atoms with Gasteiger partial charge in [0.05, 0.1) is 0 Å². The van der Waals surface area contributed by atoms with Crippen molar-refractivity contribution in [2.24, 2.45) is 5.92 Å². The van der Waals surface area contributed by atoms with Crippen molar-refractivity contribution in [3.8, 4) is 0 Å². The topological polar surface area (TPSA) is 58.2 Å². The van der Waals surface area contributed by atoms with Crippen LogP contribution in [0.5, 0.6) is 0 Å². The van der Waals surface area contributed by atoms with Gasteiger partial charge in [0, 0.05) is 13.5 Å². The highest BCUT2D eigenvalue weighted by Gasteiger charge is 2.22. The Morgan fingerprint density at radius 2 is 1.81 bits per heavy atom. The molecule has 4 heteroatoms. The summed E-state index contributed by atoms with van der Waals surface area (Å²) >= 11 is 0. The zero-order valence-corrected chi connectivity index (χ0v) is 10.8. The Morgan fingerprint density at radius 3 is 2.25 bits per heavy atom. The molecule has 0 aliphatic carbocycles. The quantitative estimate of drug-likeness (QED) is 0.648. The standard InChI is InChI=1S/C12H24N2O2/c1-5-6-7-8-10(15)14-11(9(2)3)12(16)13-4/h9,11H,5-8H2,1-4H3,(H,13,16)(H,14,15). The van der Waals surface area contributed by atoms with Crippen molar-refractivity contribution < 1.29 is 9.59 Å². The maximum Gasteiger partial charge on any atom is 0.242 e. The molecular weight excluding hydrogens is 204 g/mol. The van der Waals surface area contributed by atoms with E-state index in [4.69, 9.17) is 0 Å². The Balaban J connectivity index is 4.09. The lowest BCUT2D eigenvalue weighted by molar-refractivity contribution is -0.129. The first-order valence-electron chi connectivity index (χ1n) is 6.03. The minimum absolute atomic E-state index is 0.0317. The molecule has 0 fully saturated rings. The number of unbranched alkanes of at least 4 members (excludes halogenated alkanes) is 2. The van der Waals surface area contributed by atoms with Gasteiger partial charge in [-0.15, -0.1) is 0 Å². The Morgan fingerprint density at radius 1 is 1.19 bits per heavy atom. The number of hydrogen-bond donors (Lipinski definition) is 2. The van der Waals surface area contributed by atoms with Crippen LogP contribution in [0.15, 0.2) is 0 Å². The van der Waals surface area contributed by atoms with E-state index in [-0.39, 0.29) is 17.7 Å². The van der Waals surface area contributed by atoms with Crippen LogP contribution in [-0.2, 0) is 9.59 Å². The molecule has 0 bridgehead atoms. The first kappa shape index (κ1) is 14.9. The molecule has 0 aromatic rings. The van der Waals surface area contributed by atoms with E-state index in [2.05, 4.69) is 17.6 Å². The molecule has 1 unspecified atom stereocenters. The fourth-order valence-electron chi connectivity index (χ4n) is 1.47. The molecule has 94 valence electrons. The predicted molar refractivity (Wildman–Crippen MR) is 65.0 cm³/mol. The van der Waals surface area contributed by atoms with Gasteiger partial charge in [-0.1, -0.05) is 33.6 Å². The number of likely N-dealkylation sites (N-methyl/N-ethyl adjacent to an activating group) is 1. The second kappa shape index (κ2) is 8.13. The van der Waals surface area contributed by atoms with Crippen LogP contribution in [0.25, 0.3) is 0 Å². The van der Waals surface area contributed by atoms with Gasteiger partial charge in [-0.05, 0) is 12.3 Å². The molecule has 0 aliphatic heterocycles. The normalized spacial score (nSPS) is 12.3. The maximum atomic E-state index is 11.6. The van der Waals surface area contributed by atoms with Gasteiger partial charge < -0.3 is 10.6 Å². The Kier molecular flexibility index (Phi) is 7.60. The SMILES string of the molecule is CCCCCC(=O)NC(C(=O)NC)C(C)C. The summed E-state index contributed by atoms with van der Waals surface area (Å²) in [6.45, 7) is 5.94. The van der Waals surface area contributed by atoms with Crippen LogP contribution in [0.2, 0.25) is 0 Å². The fraction of sp³-hybridized carbons (Fsp3) is 0.833. The highest BCUT2D eigenvalue weighted by Crippen LogP contribution is 2.04. The number of rotatable bonds is 7. The van der Waals surface area contributed by atoms with Crippen LogP contribution in [0.4, 0.5) is 0 Å². The van der Waals surface area contributed by atoms with Crippen LogP contribution < -0.4 is 10.6 Å². The molecule has 0 aliphatic rings. The van der Waals surface area contributed by atoms with Crippen molar-refractivity contribution in [3.63, 3.8) is 0 Å². The van der Waals surface area contributed by atoms with Crippen LogP contribution in [-0.4, -0.2) is 24.9 Å². The van der Waals surface area contributed by atoms with Crippen molar-refractivity contribution >= 4 is 11.8 Å². The fourth-order valence-corrected chi connectivity index (χ4v) is 1.47. The van der Waals surface area contributed by atoms with Gasteiger partial charge in [0.1, 0.15) is 6.04 Å². The molecule has 0 aromatic carbocycles. The predicted octanol–water partition coefficient (Wildman–Crippen LogP) is 1.45. The number of carbonyl (C=O) groups is 2. The summed E-state index contributed by atoms with van der Waals surface area (Å²) in [4.78, 5) is 23.1. The van der Waals surface area contributed by atoms with Gasteiger partial charge >= 0.3 is 0 Å². The summed E-state index contributed by atoms with van der Waals surface area (Å²) in [7, 11) is 1.58. The molecule has 2 N–H and O–H groups in total. The number of hydrogen-bond acceptors (Lipinski definition) is 2. The van der Waals surface area contributed by atoms with Gasteiger partial charge in [0.25, 0.3) is 0 Å². The Bertz CT molecular complexity index is 227. The van der Waals surface area contributed by atoms with Gasteiger partial charge in [-0.2, -0.15) is 0 Å². The Hall–Kier alpha value is -1.06. The molecule has 16 heavy (non-hydrogen) atoms. The smallest absolute Gasteiger partial charge is 0.242 e. The van der Waals surface area contributed by atoms with E-state index >= 15 is 0 Å². The molecule has 0 rings (SSSR count). The molecule has 0 spiro atoms. The average molecular weight is 228 g/mol. The van der Waals surface area contributed by atoms with Crippen molar-refractivity contribution in [3.05, 3.63) is 0 Å². The molecular formula is C12H24N2O2. The summed E-state index contributed by atoms with van der Waals surface area (Å²) in [6.07, 6.45) is 3.55. The van der Waals surface area contributed by atoms with Crippen LogP contribution in [0.3, 0.4) is 0 Å². The van der Waals surface area contributed by atoms with E-state index in [0.29, 0.717) is 6.42 Å². The van der Waals surface area contributed by atoms with Crippen molar-refractivity contribution in [1.29, 1.82) is 0 Å². The lowest BCUT2D eigenvalue weighted by atomic mass is 10.0. The van der Waals surface area contributed by atoms with E-state index < -0.39 is 6.04 Å². The van der Waals surface area contributed by atoms with Crippen molar-refractivity contribution in [2.45, 2.75) is 52.5 Å². The molecule has 2 amide bonds. The highest BCUT2D eigenvalue weighted by molar-refractivity contribution is 5.87. The minimum atomic E-state index is -0.417. The monoisotopic (exact) mass is 228 g/mol. The third-order valence-corrected chi connectivity index (χ3v) is 2.52. The van der Waals surface area contributed by atoms with Crippen LogP contribution in [0, 0.1) is 5.92 Å². The lowest BCUT2D eigenvalue weighted by Gasteiger charge is -2.20. The third kappa shape index (κ3) is 5.73. The molecule has 1 atom stereocenters. The summed E-state index contributed by atoms with van der Waals surface area (Å²) in [5.74, 6) is -0.0512. The van der Waals surface area contributed by atoms with Crippen molar-refractivity contribution in [2.75, 3.05) is 7.05 Å². The number of carbonyl (C=O) groups excluding carboxylic acids is 2. The van der Waals surface area contributed by atoms with Gasteiger partial charge in [0.2, 0.25) is 11.8 Å². The minimum Gasteiger partial charge on any atom is -0.357 e. The average Bonchev–Trinajstić information content (AvgIpc) is 2.25. The lowest BCUT2D eigenvalue weighted by Crippen LogP contribution is -2.48. The molecule has 0 radical (unpaired) electrons. The first-order valence-corrected chi connectivity index (χ1v) is 6.03. The van der Waals surface area contributed by atoms with Crippen LogP contribution >= 0.6 is 0 Å². The second-order valence-corrected chi connectivity index (χ2v) is 4.36. The maximum absolute atomic E-state index is 11.6. The Labute approximate surface area is 98.2 Å². The summed E-state index contributed by atoms with van der Waals surface area (Å²) in [6, 6.07) is -0.417. The number of amides is 2. The summed E-state index contributed by atoms with van der Waals surface area (Å²) in [5, 5.41) is 5.34. The van der Waals surface area contributed by atoms with E-state index in [0.717, 1.165) is 19.3 Å². The zero-order valence-electron chi connectivity index (χ0n) is 10.8. The van der Waals surface area contributed by atoms with E-state index in [1.54, 1.807) is 7.05 Å². The molecule has 0 saturated heterocycles. The van der Waals surface area contributed by atoms with Crippen LogP contribution in [0.1, 0.15) is 46.5 Å². The highest BCUT2D eigenvalue weighted by atomic mass is 16.2. The van der Waals surface area contributed by atoms with E-state index in [1.165, 1.54) is 0 Å². The molecule has 0 saturated carbocycles. The summed E-state index contributed by atoms with van der Waals surface area (Å²) < 4.78 is 0. The van der Waals surface area contributed by atoms with Gasteiger partial charge in [0.15, 0.2) is 0 Å². The van der Waals surface area contributed by atoms with Gasteiger partial charge in [-0.25, -0.2) is 0 Å². The van der Waals surface area contributed by atoms with Crippen molar-refractivity contribution in [1.82, 2.24) is 10.6 Å². The molecule has 4 nitrogen and oxygen atoms in total. The third-order valence-electron chi connectivity index (χ3n) is 2.52. The van der Waals surface area contributed by atoms with E-state index in [1.807, 2.05) is 13.8 Å². The first-order chi connectivity index (χ1) is 7.52. The van der Waals surface area contributed by atoms with Gasteiger partial charge in [-0.3, -0.25) is 9.59 Å². The molecule has 0 heterocycles. The second-order valence-electron chi connectivity index (χ2n) is 4.36. The number of nitrogens with one attached hydrogen (secondary N) is 2. The molecule has 0 aromatic heterocycles.